The van der Waals surface area contributed by atoms with Gasteiger partial charge in [-0.05, 0) is 6.07 Å². The molecule has 2 heterocycles. The molecule has 0 aliphatic rings. The second-order valence-corrected chi connectivity index (χ2v) is 4.84. The number of nitrogens with one attached hydrogen (secondary N) is 1. The van der Waals surface area contributed by atoms with Crippen LogP contribution < -0.4 is 11.2 Å². The molecule has 0 aliphatic carbocycles. The summed E-state index contributed by atoms with van der Waals surface area (Å²) in [6, 6.07) is 4.09. The van der Waals surface area contributed by atoms with Crippen molar-refractivity contribution < 1.29 is 10.1 Å². The fraction of sp³-hybridized carbons (Fsp3) is 0. The molecule has 8 nitrogen and oxygen atoms in total. The number of benzene rings is 1. The van der Waals surface area contributed by atoms with Gasteiger partial charge in [-0.25, -0.2) is 4.79 Å². The lowest BCUT2D eigenvalue weighted by Crippen LogP contribution is -2.32. The second kappa shape index (κ2) is 3.65. The molecule has 0 saturated heterocycles. The van der Waals surface area contributed by atoms with E-state index in [1.807, 2.05) is 0 Å². The van der Waals surface area contributed by atoms with Crippen LogP contribution >= 0.6 is 11.3 Å². The predicted molar refractivity (Wildman–Crippen MR) is 68.1 cm³/mol. The highest BCUT2D eigenvalue weighted by atomic mass is 32.1. The van der Waals surface area contributed by atoms with Crippen LogP contribution in [0.25, 0.3) is 20.3 Å². The highest BCUT2D eigenvalue weighted by molar-refractivity contribution is 7.25. The van der Waals surface area contributed by atoms with Gasteiger partial charge in [0.15, 0.2) is 0 Å². The number of non-ortho nitro benzene ring substituents is 1. The minimum atomic E-state index is -0.983. The van der Waals surface area contributed by atoms with Crippen LogP contribution in [0.1, 0.15) is 0 Å². The normalized spacial score (nSPS) is 11.2. The largest absolute Gasteiger partial charge is 0.421 e. The number of aromatic amines is 1. The van der Waals surface area contributed by atoms with Crippen molar-refractivity contribution in [2.45, 2.75) is 0 Å². The van der Waals surface area contributed by atoms with Crippen LogP contribution in [-0.2, 0) is 0 Å². The summed E-state index contributed by atoms with van der Waals surface area (Å²) in [5.74, 6) is 0. The molecule has 0 saturated carbocycles. The van der Waals surface area contributed by atoms with Gasteiger partial charge >= 0.3 is 11.2 Å². The monoisotopic (exact) mass is 279 g/mol. The van der Waals surface area contributed by atoms with E-state index in [1.165, 1.54) is 18.2 Å². The van der Waals surface area contributed by atoms with Crippen molar-refractivity contribution in [1.29, 1.82) is 0 Å². The van der Waals surface area contributed by atoms with Crippen LogP contribution in [0.5, 0.6) is 0 Å². The molecule has 9 heteroatoms. The Morgan fingerprint density at radius 3 is 2.79 bits per heavy atom. The van der Waals surface area contributed by atoms with Gasteiger partial charge in [0.1, 0.15) is 4.70 Å². The van der Waals surface area contributed by atoms with E-state index in [-0.39, 0.29) is 20.6 Å². The van der Waals surface area contributed by atoms with E-state index < -0.39 is 16.2 Å². The molecule has 0 bridgehead atoms. The Kier molecular flexibility index (Phi) is 2.20. The molecule has 0 radical (unpaired) electrons. The van der Waals surface area contributed by atoms with E-state index in [1.54, 1.807) is 0 Å². The molecule has 1 aromatic carbocycles. The number of nitrogens with zero attached hydrogens (tertiary/aromatic N) is 2. The Hall–Kier alpha value is -2.68. The molecule has 96 valence electrons. The topological polar surface area (TPSA) is 118 Å². The number of rotatable bonds is 1. The Balaban J connectivity index is 2.55. The van der Waals surface area contributed by atoms with Crippen LogP contribution in [0.3, 0.4) is 0 Å². The van der Waals surface area contributed by atoms with Crippen molar-refractivity contribution in [3.8, 4) is 0 Å². The lowest BCUT2D eigenvalue weighted by molar-refractivity contribution is -0.384. The molecule has 2 N–H and O–H groups in total. The quantitative estimate of drug-likeness (QED) is 0.392. The highest BCUT2D eigenvalue weighted by Gasteiger charge is 2.15. The van der Waals surface area contributed by atoms with Crippen LogP contribution in [0.15, 0.2) is 27.8 Å². The predicted octanol–water partition coefficient (Wildman–Crippen LogP) is 1.05. The summed E-state index contributed by atoms with van der Waals surface area (Å²) in [4.78, 5) is 35.5. The van der Waals surface area contributed by atoms with Crippen molar-refractivity contribution in [2.24, 2.45) is 0 Å². The Morgan fingerprint density at radius 2 is 2.11 bits per heavy atom. The van der Waals surface area contributed by atoms with Gasteiger partial charge in [0.05, 0.1) is 10.4 Å². The van der Waals surface area contributed by atoms with Gasteiger partial charge in [-0.2, -0.15) is 0 Å². The second-order valence-electron chi connectivity index (χ2n) is 3.79. The molecule has 19 heavy (non-hydrogen) atoms. The molecular formula is C10H5N3O5S. The molecule has 3 aromatic rings. The van der Waals surface area contributed by atoms with E-state index in [2.05, 4.69) is 4.98 Å². The summed E-state index contributed by atoms with van der Waals surface area (Å²) >= 11 is 1.05. The van der Waals surface area contributed by atoms with E-state index >= 15 is 0 Å². The van der Waals surface area contributed by atoms with Crippen molar-refractivity contribution in [1.82, 2.24) is 9.71 Å². The lowest BCUT2D eigenvalue weighted by atomic mass is 10.2. The molecule has 0 atom stereocenters. The van der Waals surface area contributed by atoms with Crippen molar-refractivity contribution in [3.05, 3.63) is 49.2 Å². The minimum Gasteiger partial charge on any atom is -0.421 e. The molecule has 2 aromatic heterocycles. The van der Waals surface area contributed by atoms with Crippen LogP contribution in [-0.4, -0.2) is 19.8 Å². The van der Waals surface area contributed by atoms with Gasteiger partial charge in [-0.15, -0.1) is 11.3 Å². The first kappa shape index (κ1) is 11.4. The molecule has 0 unspecified atom stereocenters. The zero-order chi connectivity index (χ0) is 13.7. The Bertz CT molecular complexity index is 951. The summed E-state index contributed by atoms with van der Waals surface area (Å²) in [5.41, 5.74) is -1.77. The van der Waals surface area contributed by atoms with Gasteiger partial charge < -0.3 is 10.2 Å². The van der Waals surface area contributed by atoms with Gasteiger partial charge in [0.2, 0.25) is 0 Å². The first-order valence-corrected chi connectivity index (χ1v) is 5.86. The number of H-pyrrole nitrogens is 1. The van der Waals surface area contributed by atoms with Crippen LogP contribution in [0, 0.1) is 10.1 Å². The van der Waals surface area contributed by atoms with Gasteiger partial charge in [-0.1, -0.05) is 4.73 Å². The summed E-state index contributed by atoms with van der Waals surface area (Å²) < 4.78 is 0.726. The number of nitro groups is 1. The average molecular weight is 279 g/mol. The third kappa shape index (κ3) is 1.52. The standard InChI is InChI=1S/C10H5N3O5S/c14-9-8-7(11-10(15)12(9)16)5-3-4(13(17)18)1-2-6(5)19-8/h1-3,16H,(H,11,15). The van der Waals surface area contributed by atoms with Crippen molar-refractivity contribution >= 4 is 37.3 Å². The first-order valence-electron chi connectivity index (χ1n) is 5.04. The number of hydrogen-bond acceptors (Lipinski definition) is 6. The fourth-order valence-electron chi connectivity index (χ4n) is 1.82. The third-order valence-electron chi connectivity index (χ3n) is 2.69. The molecular weight excluding hydrogens is 274 g/mol. The molecule has 0 fully saturated rings. The smallest absolute Gasteiger partial charge is 0.362 e. The lowest BCUT2D eigenvalue weighted by Gasteiger charge is -1.95. The number of hydrogen-bond donors (Lipinski definition) is 2. The number of thiophene rings is 1. The number of nitro benzene ring substituents is 1. The molecule has 0 amide bonds. The summed E-state index contributed by atoms with van der Waals surface area (Å²) in [6.07, 6.45) is 0. The first-order chi connectivity index (χ1) is 8.99. The highest BCUT2D eigenvalue weighted by Crippen LogP contribution is 2.32. The van der Waals surface area contributed by atoms with Crippen LogP contribution in [0.4, 0.5) is 5.69 Å². The molecule has 0 aliphatic heterocycles. The Labute approximate surface area is 107 Å². The maximum absolute atomic E-state index is 11.7. The van der Waals surface area contributed by atoms with Crippen LogP contribution in [0.2, 0.25) is 0 Å². The zero-order valence-electron chi connectivity index (χ0n) is 9.11. The van der Waals surface area contributed by atoms with Crippen molar-refractivity contribution in [2.75, 3.05) is 0 Å². The summed E-state index contributed by atoms with van der Waals surface area (Å²) in [6.45, 7) is 0. The average Bonchev–Trinajstić information content (AvgIpc) is 2.74. The SMILES string of the molecule is O=c1[nH]c2c(sc3ccc([N+](=O)[O-])cc32)c(=O)n1O. The van der Waals surface area contributed by atoms with Gasteiger partial charge in [0.25, 0.3) is 5.69 Å². The maximum atomic E-state index is 11.7. The van der Waals surface area contributed by atoms with Crippen molar-refractivity contribution in [3.63, 3.8) is 0 Å². The minimum absolute atomic E-state index is 0.0217. The van der Waals surface area contributed by atoms with E-state index in [0.717, 1.165) is 11.3 Å². The number of aromatic nitrogens is 2. The molecule has 0 spiro atoms. The summed E-state index contributed by atoms with van der Waals surface area (Å²) in [5, 5.41) is 20.4. The third-order valence-corrected chi connectivity index (χ3v) is 3.85. The van der Waals surface area contributed by atoms with E-state index in [0.29, 0.717) is 10.1 Å². The van der Waals surface area contributed by atoms with E-state index in [4.69, 9.17) is 0 Å². The Morgan fingerprint density at radius 1 is 1.37 bits per heavy atom. The summed E-state index contributed by atoms with van der Waals surface area (Å²) in [7, 11) is 0. The fourth-order valence-corrected chi connectivity index (χ4v) is 2.89. The molecule has 3 rings (SSSR count). The zero-order valence-corrected chi connectivity index (χ0v) is 9.93. The van der Waals surface area contributed by atoms with E-state index in [9.17, 15) is 24.9 Å². The maximum Gasteiger partial charge on any atom is 0.362 e. The van der Waals surface area contributed by atoms with Gasteiger partial charge in [0, 0.05) is 22.2 Å². The van der Waals surface area contributed by atoms with Gasteiger partial charge in [-0.3, -0.25) is 14.9 Å². The number of fused-ring (bicyclic) bond motifs is 3.